The minimum Gasteiger partial charge on any atom is -0.508 e. The van der Waals surface area contributed by atoms with Gasteiger partial charge in [-0.15, -0.1) is 0 Å². The van der Waals surface area contributed by atoms with Gasteiger partial charge in [0.25, 0.3) is 11.8 Å². The van der Waals surface area contributed by atoms with Gasteiger partial charge < -0.3 is 40.3 Å². The number of ether oxygens (including phenoxy) is 1. The molecule has 0 unspecified atom stereocenters. The van der Waals surface area contributed by atoms with Crippen LogP contribution in [0, 0.1) is 0 Å². The molecule has 0 atom stereocenters. The zero-order valence-corrected chi connectivity index (χ0v) is 34.0. The quantitative estimate of drug-likeness (QED) is 0.199. The summed E-state index contributed by atoms with van der Waals surface area (Å²) in [5.41, 5.74) is 14.3. The summed E-state index contributed by atoms with van der Waals surface area (Å²) in [6.45, 7) is 12.9. The number of morpholine rings is 1. The van der Waals surface area contributed by atoms with E-state index in [0.29, 0.717) is 68.3 Å². The normalized spacial score (nSPS) is 16.9. The fourth-order valence-electron chi connectivity index (χ4n) is 8.71. The third kappa shape index (κ3) is 7.89. The number of amides is 2. The van der Waals surface area contributed by atoms with Crippen LogP contribution in [-0.2, 0) is 37.3 Å². The van der Waals surface area contributed by atoms with Crippen LogP contribution in [0.15, 0.2) is 67.0 Å². The van der Waals surface area contributed by atoms with Gasteiger partial charge in [-0.1, -0.05) is 32.0 Å². The molecule has 0 saturated carbocycles. The monoisotopic (exact) mass is 810 g/mol. The molecule has 2 amide bonds. The molecule has 9 rings (SSSR count). The number of nitrogens with zero attached hydrogens (tertiary/aromatic N) is 9. The van der Waals surface area contributed by atoms with Gasteiger partial charge >= 0.3 is 0 Å². The zero-order chi connectivity index (χ0) is 41.5. The number of benzene rings is 3. The summed E-state index contributed by atoms with van der Waals surface area (Å²) in [6, 6.07) is 17.3. The summed E-state index contributed by atoms with van der Waals surface area (Å²) < 4.78 is 5.61. The number of rotatable bonds is 8. The SMILES string of the molecule is CC(C)c1cc(C(=O)N2Cc3ccc(CN4CCN(c5ccc(C(=O)N6CCc7c(nc(-c8cnc(N)nc8)nc7N7CCOCC7)C6)cc5)CC4)cc3C2)c(O)cc1O. The summed E-state index contributed by atoms with van der Waals surface area (Å²) in [4.78, 5) is 56.2. The van der Waals surface area contributed by atoms with Crippen molar-refractivity contribution < 1.29 is 24.5 Å². The number of phenolic OH excluding ortho intramolecular Hbond substituents is 2. The number of anilines is 3. The van der Waals surface area contributed by atoms with E-state index < -0.39 is 0 Å². The fraction of sp³-hybridized carbons (Fsp3) is 0.378. The molecule has 60 heavy (non-hydrogen) atoms. The highest BCUT2D eigenvalue weighted by molar-refractivity contribution is 5.98. The lowest BCUT2D eigenvalue weighted by Gasteiger charge is -2.36. The van der Waals surface area contributed by atoms with Crippen LogP contribution < -0.4 is 15.5 Å². The minimum atomic E-state index is -0.244. The highest BCUT2D eigenvalue weighted by atomic mass is 16.5. The molecule has 4 N–H and O–H groups in total. The van der Waals surface area contributed by atoms with Crippen LogP contribution in [-0.4, -0.2) is 116 Å². The van der Waals surface area contributed by atoms with Crippen LogP contribution in [0.4, 0.5) is 17.5 Å². The molecular weight excluding hydrogens is 761 g/mol. The predicted molar refractivity (Wildman–Crippen MR) is 227 cm³/mol. The number of phenols is 2. The number of aromatic nitrogens is 4. The largest absolute Gasteiger partial charge is 0.508 e. The first-order valence-electron chi connectivity index (χ1n) is 20.7. The summed E-state index contributed by atoms with van der Waals surface area (Å²) in [5, 5.41) is 20.8. The number of carbonyl (C=O) groups excluding carboxylic acids is 2. The van der Waals surface area contributed by atoms with Gasteiger partial charge in [-0.2, -0.15) is 0 Å². The van der Waals surface area contributed by atoms with Gasteiger partial charge in [0.15, 0.2) is 5.82 Å². The number of hydrogen-bond acceptors (Lipinski definition) is 13. The van der Waals surface area contributed by atoms with Crippen molar-refractivity contribution in [3.63, 3.8) is 0 Å². The van der Waals surface area contributed by atoms with Gasteiger partial charge in [0.1, 0.15) is 17.3 Å². The Morgan fingerprint density at radius 2 is 1.50 bits per heavy atom. The van der Waals surface area contributed by atoms with E-state index in [2.05, 4.69) is 42.9 Å². The van der Waals surface area contributed by atoms with Crippen LogP contribution in [0.1, 0.15) is 74.0 Å². The molecule has 0 aliphatic carbocycles. The van der Waals surface area contributed by atoms with Gasteiger partial charge in [0.2, 0.25) is 5.95 Å². The van der Waals surface area contributed by atoms with Crippen molar-refractivity contribution in [3.05, 3.63) is 112 Å². The van der Waals surface area contributed by atoms with Crippen molar-refractivity contribution in [3.8, 4) is 22.9 Å². The molecular formula is C45H50N10O5. The molecule has 2 aromatic heterocycles. The van der Waals surface area contributed by atoms with Crippen molar-refractivity contribution in [2.75, 3.05) is 74.6 Å². The standard InChI is InChI=1S/C45H50N10O5/c1-28(2)36-20-37(40(57)21-39(36)56)44(59)55-25-31-4-3-29(19-32(31)26-55)24-51-11-13-52(14-12-51)34-7-5-30(6-8-34)43(58)54-10-9-35-38(27-54)49-41(33-22-47-45(46)48-23-33)50-42(35)53-15-17-60-18-16-53/h3-8,19-23,28,56-57H,9-18,24-27H2,1-2H3,(H2,46,47,48). The highest BCUT2D eigenvalue weighted by Crippen LogP contribution is 2.35. The Kier molecular flexibility index (Phi) is 10.7. The molecule has 15 nitrogen and oxygen atoms in total. The fourth-order valence-corrected chi connectivity index (χ4v) is 8.71. The summed E-state index contributed by atoms with van der Waals surface area (Å²) in [7, 11) is 0. The first-order chi connectivity index (χ1) is 29.1. The Hall–Kier alpha value is -6.32. The van der Waals surface area contributed by atoms with Gasteiger partial charge in [-0.25, -0.2) is 19.9 Å². The molecule has 2 saturated heterocycles. The van der Waals surface area contributed by atoms with Crippen LogP contribution in [0.2, 0.25) is 0 Å². The van der Waals surface area contributed by atoms with Gasteiger partial charge in [0.05, 0.1) is 36.6 Å². The summed E-state index contributed by atoms with van der Waals surface area (Å²) in [5.74, 6) is 1.11. The smallest absolute Gasteiger partial charge is 0.258 e. The van der Waals surface area contributed by atoms with E-state index in [1.54, 1.807) is 23.4 Å². The molecule has 15 heteroatoms. The summed E-state index contributed by atoms with van der Waals surface area (Å²) >= 11 is 0. The third-order valence-electron chi connectivity index (χ3n) is 12.1. The topological polar surface area (TPSA) is 178 Å². The molecule has 4 aliphatic heterocycles. The van der Waals surface area contributed by atoms with Crippen LogP contribution in [0.5, 0.6) is 11.5 Å². The van der Waals surface area contributed by atoms with Gasteiger partial charge in [-0.3, -0.25) is 14.5 Å². The Labute approximate surface area is 349 Å². The van der Waals surface area contributed by atoms with E-state index in [-0.39, 0.29) is 40.7 Å². The number of nitrogen functional groups attached to an aromatic ring is 1. The number of fused-ring (bicyclic) bond motifs is 2. The van der Waals surface area contributed by atoms with E-state index >= 15 is 0 Å². The van der Waals surface area contributed by atoms with Crippen molar-refractivity contribution >= 4 is 29.3 Å². The van der Waals surface area contributed by atoms with E-state index in [4.69, 9.17) is 20.4 Å². The zero-order valence-electron chi connectivity index (χ0n) is 34.0. The molecule has 2 fully saturated rings. The second-order valence-electron chi connectivity index (χ2n) is 16.4. The molecule has 0 radical (unpaired) electrons. The highest BCUT2D eigenvalue weighted by Gasteiger charge is 2.31. The van der Waals surface area contributed by atoms with Crippen molar-refractivity contribution in [1.82, 2.24) is 34.6 Å². The second kappa shape index (κ2) is 16.4. The first-order valence-corrected chi connectivity index (χ1v) is 20.7. The van der Waals surface area contributed by atoms with E-state index in [1.807, 2.05) is 43.0 Å². The number of aromatic hydroxyl groups is 2. The number of nitrogens with two attached hydrogens (primary N) is 1. The Balaban J connectivity index is 0.806. The molecule has 0 bridgehead atoms. The van der Waals surface area contributed by atoms with Gasteiger partial charge in [0, 0.05) is 101 Å². The first kappa shape index (κ1) is 39.2. The molecule has 0 spiro atoms. The van der Waals surface area contributed by atoms with Crippen molar-refractivity contribution in [2.45, 2.75) is 52.4 Å². The molecule has 310 valence electrons. The lowest BCUT2D eigenvalue weighted by Crippen LogP contribution is -2.46. The Bertz CT molecular complexity index is 2410. The lowest BCUT2D eigenvalue weighted by atomic mass is 9.98. The Morgan fingerprint density at radius 1 is 0.767 bits per heavy atom. The lowest BCUT2D eigenvalue weighted by molar-refractivity contribution is 0.0729. The van der Waals surface area contributed by atoms with Crippen LogP contribution >= 0.6 is 0 Å². The van der Waals surface area contributed by atoms with E-state index in [1.165, 1.54) is 11.6 Å². The van der Waals surface area contributed by atoms with Crippen molar-refractivity contribution in [2.24, 2.45) is 0 Å². The number of carbonyl (C=O) groups is 2. The van der Waals surface area contributed by atoms with Crippen LogP contribution in [0.3, 0.4) is 0 Å². The number of piperazine rings is 1. The Morgan fingerprint density at radius 3 is 2.23 bits per heavy atom. The van der Waals surface area contributed by atoms with E-state index in [0.717, 1.165) is 79.7 Å². The number of hydrogen-bond donors (Lipinski definition) is 3. The maximum atomic E-state index is 13.9. The summed E-state index contributed by atoms with van der Waals surface area (Å²) in [6.07, 6.45) is 3.92. The van der Waals surface area contributed by atoms with Crippen LogP contribution in [0.25, 0.3) is 11.4 Å². The molecule has 6 heterocycles. The molecule has 5 aromatic rings. The van der Waals surface area contributed by atoms with E-state index in [9.17, 15) is 19.8 Å². The second-order valence-corrected chi connectivity index (χ2v) is 16.4. The maximum Gasteiger partial charge on any atom is 0.258 e. The maximum absolute atomic E-state index is 13.9. The molecule has 4 aliphatic rings. The minimum absolute atomic E-state index is 0.00261. The van der Waals surface area contributed by atoms with Crippen molar-refractivity contribution in [1.29, 1.82) is 0 Å². The molecule has 3 aromatic carbocycles. The predicted octanol–water partition coefficient (Wildman–Crippen LogP) is 4.56. The average molecular weight is 811 g/mol. The van der Waals surface area contributed by atoms with Gasteiger partial charge in [-0.05, 0) is 64.9 Å². The average Bonchev–Trinajstić information content (AvgIpc) is 3.70. The third-order valence-corrected chi connectivity index (χ3v) is 12.1.